The zero-order chi connectivity index (χ0) is 10.1. The minimum atomic E-state index is -0.271. The highest BCUT2D eigenvalue weighted by atomic mass is 32.2. The summed E-state index contributed by atoms with van der Waals surface area (Å²) in [6, 6.07) is 0.141. The van der Waals surface area contributed by atoms with Gasteiger partial charge >= 0.3 is 0 Å². The first-order valence-electron chi connectivity index (χ1n) is 4.45. The van der Waals surface area contributed by atoms with Crippen LogP contribution < -0.4 is 5.32 Å². The Balaban J connectivity index is 2.36. The number of amides is 1. The fourth-order valence-corrected chi connectivity index (χ4v) is 1.86. The molecule has 1 amide bonds. The zero-order valence-electron chi connectivity index (χ0n) is 8.33. The second kappa shape index (κ2) is 3.88. The molecule has 1 aliphatic carbocycles. The van der Waals surface area contributed by atoms with Crippen LogP contribution in [0.5, 0.6) is 0 Å². The van der Waals surface area contributed by atoms with Gasteiger partial charge in [-0.2, -0.15) is 11.8 Å². The van der Waals surface area contributed by atoms with Crippen LogP contribution in [0, 0.1) is 5.41 Å². The van der Waals surface area contributed by atoms with Gasteiger partial charge in [0.2, 0.25) is 5.91 Å². The molecule has 13 heavy (non-hydrogen) atoms. The van der Waals surface area contributed by atoms with Crippen molar-refractivity contribution in [2.75, 3.05) is 12.0 Å². The molecule has 2 N–H and O–H groups in total. The molecule has 2 atom stereocenters. The van der Waals surface area contributed by atoms with E-state index in [9.17, 15) is 9.90 Å². The first-order chi connectivity index (χ1) is 5.98. The number of hydrogen-bond acceptors (Lipinski definition) is 3. The third-order valence-corrected chi connectivity index (χ3v) is 3.38. The maximum atomic E-state index is 11.2. The molecule has 3 nitrogen and oxygen atoms in total. The highest BCUT2D eigenvalue weighted by molar-refractivity contribution is 7.99. The molecule has 0 aliphatic heterocycles. The second-order valence-electron chi connectivity index (χ2n) is 4.13. The SMILES string of the molecule is CSCC(=O)NC1CC(O)C1(C)C. The van der Waals surface area contributed by atoms with Crippen molar-refractivity contribution in [1.82, 2.24) is 5.32 Å². The van der Waals surface area contributed by atoms with Gasteiger partial charge in [-0.05, 0) is 12.7 Å². The molecule has 0 aromatic heterocycles. The Bertz CT molecular complexity index is 206. The predicted molar refractivity (Wildman–Crippen MR) is 54.7 cm³/mol. The number of rotatable bonds is 3. The topological polar surface area (TPSA) is 49.3 Å². The molecule has 0 heterocycles. The molecule has 2 unspecified atom stereocenters. The summed E-state index contributed by atoms with van der Waals surface area (Å²) in [5.74, 6) is 0.570. The van der Waals surface area contributed by atoms with E-state index in [1.54, 1.807) is 0 Å². The third kappa shape index (κ3) is 2.17. The molecular formula is C9H17NO2S. The Labute approximate surface area is 83.3 Å². The molecule has 1 aliphatic rings. The molecule has 4 heteroatoms. The van der Waals surface area contributed by atoms with Crippen LogP contribution >= 0.6 is 11.8 Å². The van der Waals surface area contributed by atoms with Gasteiger partial charge in [-0.3, -0.25) is 4.79 Å². The molecule has 1 saturated carbocycles. The molecular weight excluding hydrogens is 186 g/mol. The van der Waals surface area contributed by atoms with Gasteiger partial charge in [-0.15, -0.1) is 0 Å². The second-order valence-corrected chi connectivity index (χ2v) is 4.99. The summed E-state index contributed by atoms with van der Waals surface area (Å²) in [5.41, 5.74) is -0.159. The summed E-state index contributed by atoms with van der Waals surface area (Å²) in [6.07, 6.45) is 2.32. The van der Waals surface area contributed by atoms with Crippen LogP contribution in [0.25, 0.3) is 0 Å². The van der Waals surface area contributed by atoms with Crippen LogP contribution in [-0.2, 0) is 4.79 Å². The minimum Gasteiger partial charge on any atom is -0.392 e. The molecule has 76 valence electrons. The summed E-state index contributed by atoms with van der Waals surface area (Å²) in [7, 11) is 0. The fraction of sp³-hybridized carbons (Fsp3) is 0.889. The van der Waals surface area contributed by atoms with E-state index in [1.165, 1.54) is 11.8 Å². The summed E-state index contributed by atoms with van der Waals surface area (Å²) in [6.45, 7) is 3.95. The highest BCUT2D eigenvalue weighted by Crippen LogP contribution is 2.40. The largest absolute Gasteiger partial charge is 0.392 e. The van der Waals surface area contributed by atoms with Crippen molar-refractivity contribution < 1.29 is 9.90 Å². The first-order valence-corrected chi connectivity index (χ1v) is 5.84. The number of hydrogen-bond donors (Lipinski definition) is 2. The van der Waals surface area contributed by atoms with Crippen molar-refractivity contribution in [3.8, 4) is 0 Å². The monoisotopic (exact) mass is 203 g/mol. The molecule has 0 saturated heterocycles. The Hall–Kier alpha value is -0.220. The van der Waals surface area contributed by atoms with Gasteiger partial charge in [-0.25, -0.2) is 0 Å². The van der Waals surface area contributed by atoms with Crippen molar-refractivity contribution in [3.05, 3.63) is 0 Å². The molecule has 0 aromatic rings. The van der Waals surface area contributed by atoms with E-state index in [4.69, 9.17) is 0 Å². The van der Waals surface area contributed by atoms with E-state index < -0.39 is 0 Å². The van der Waals surface area contributed by atoms with E-state index in [-0.39, 0.29) is 23.5 Å². The smallest absolute Gasteiger partial charge is 0.230 e. The minimum absolute atomic E-state index is 0.0671. The maximum absolute atomic E-state index is 11.2. The standard InChI is InChI=1S/C9H17NO2S/c1-9(2)6(4-7(9)11)10-8(12)5-13-3/h6-7,11H,4-5H2,1-3H3,(H,10,12). The van der Waals surface area contributed by atoms with Crippen LogP contribution in [0.2, 0.25) is 0 Å². The van der Waals surface area contributed by atoms with E-state index >= 15 is 0 Å². The summed E-state index contributed by atoms with van der Waals surface area (Å²) in [5, 5.41) is 12.4. The van der Waals surface area contributed by atoms with Gasteiger partial charge in [0.1, 0.15) is 0 Å². The van der Waals surface area contributed by atoms with Crippen molar-refractivity contribution in [3.63, 3.8) is 0 Å². The predicted octanol–water partition coefficient (Wildman–Crippen LogP) is 0.625. The van der Waals surface area contributed by atoms with E-state index in [0.29, 0.717) is 12.2 Å². The molecule has 0 spiro atoms. The normalized spacial score (nSPS) is 30.8. The quantitative estimate of drug-likeness (QED) is 0.707. The number of carbonyl (C=O) groups is 1. The van der Waals surface area contributed by atoms with Crippen molar-refractivity contribution >= 4 is 17.7 Å². The number of aliphatic hydroxyl groups excluding tert-OH is 1. The molecule has 0 radical (unpaired) electrons. The molecule has 1 fully saturated rings. The molecule has 0 bridgehead atoms. The highest BCUT2D eigenvalue weighted by Gasteiger charge is 2.47. The third-order valence-electron chi connectivity index (χ3n) is 2.83. The van der Waals surface area contributed by atoms with Crippen molar-refractivity contribution in [2.45, 2.75) is 32.4 Å². The summed E-state index contributed by atoms with van der Waals surface area (Å²) >= 11 is 1.51. The summed E-state index contributed by atoms with van der Waals surface area (Å²) in [4.78, 5) is 11.2. The maximum Gasteiger partial charge on any atom is 0.230 e. The van der Waals surface area contributed by atoms with Crippen LogP contribution in [0.15, 0.2) is 0 Å². The number of aliphatic hydroxyl groups is 1. The summed E-state index contributed by atoms with van der Waals surface area (Å²) < 4.78 is 0. The lowest BCUT2D eigenvalue weighted by Gasteiger charge is -2.49. The fourth-order valence-electron chi connectivity index (χ4n) is 1.51. The average Bonchev–Trinajstić information content (AvgIpc) is 2.04. The Kier molecular flexibility index (Phi) is 3.24. The average molecular weight is 203 g/mol. The number of nitrogens with one attached hydrogen (secondary N) is 1. The van der Waals surface area contributed by atoms with Gasteiger partial charge in [0.05, 0.1) is 11.9 Å². The zero-order valence-corrected chi connectivity index (χ0v) is 9.15. The Morgan fingerprint density at radius 2 is 2.31 bits per heavy atom. The van der Waals surface area contributed by atoms with Gasteiger partial charge < -0.3 is 10.4 Å². The number of thioether (sulfide) groups is 1. The lowest BCUT2D eigenvalue weighted by molar-refractivity contribution is -0.126. The first kappa shape index (κ1) is 10.9. The van der Waals surface area contributed by atoms with Crippen LogP contribution in [0.4, 0.5) is 0 Å². The van der Waals surface area contributed by atoms with Gasteiger partial charge in [0.25, 0.3) is 0 Å². The Morgan fingerprint density at radius 3 is 2.69 bits per heavy atom. The molecule has 1 rings (SSSR count). The van der Waals surface area contributed by atoms with E-state index in [2.05, 4.69) is 5.32 Å². The van der Waals surface area contributed by atoms with E-state index in [1.807, 2.05) is 20.1 Å². The lowest BCUT2D eigenvalue weighted by Crippen LogP contribution is -2.61. The van der Waals surface area contributed by atoms with Gasteiger partial charge in [-0.1, -0.05) is 13.8 Å². The van der Waals surface area contributed by atoms with Crippen molar-refractivity contribution in [1.29, 1.82) is 0 Å². The number of carbonyl (C=O) groups excluding carboxylic acids is 1. The van der Waals surface area contributed by atoms with Crippen LogP contribution in [0.1, 0.15) is 20.3 Å². The molecule has 0 aromatic carbocycles. The van der Waals surface area contributed by atoms with Crippen LogP contribution in [0.3, 0.4) is 0 Å². The van der Waals surface area contributed by atoms with E-state index in [0.717, 1.165) is 0 Å². The van der Waals surface area contributed by atoms with Crippen LogP contribution in [-0.4, -0.2) is 35.2 Å². The Morgan fingerprint density at radius 1 is 1.69 bits per heavy atom. The van der Waals surface area contributed by atoms with Gasteiger partial charge in [0, 0.05) is 11.5 Å². The lowest BCUT2D eigenvalue weighted by atomic mass is 9.64. The van der Waals surface area contributed by atoms with Gasteiger partial charge in [0.15, 0.2) is 0 Å². The van der Waals surface area contributed by atoms with Crippen molar-refractivity contribution in [2.24, 2.45) is 5.41 Å².